The minimum atomic E-state index is -4.44. The average molecular weight is 523 g/mol. The molecule has 2 heterocycles. The number of carbonyl (C=O) groups excluding carboxylic acids is 1. The van der Waals surface area contributed by atoms with Crippen LogP contribution in [0.2, 0.25) is 0 Å². The van der Waals surface area contributed by atoms with Crippen LogP contribution in [0.3, 0.4) is 0 Å². The maximum Gasteiger partial charge on any atom is 0.416 e. The summed E-state index contributed by atoms with van der Waals surface area (Å²) in [5, 5.41) is 3.00. The normalized spacial score (nSPS) is 16.6. The molecule has 3 aromatic rings. The van der Waals surface area contributed by atoms with Gasteiger partial charge in [0.2, 0.25) is 0 Å². The second kappa shape index (κ2) is 10.7. The molecule has 1 amide bonds. The van der Waals surface area contributed by atoms with Gasteiger partial charge in [-0.25, -0.2) is 9.97 Å². The summed E-state index contributed by atoms with van der Waals surface area (Å²) in [6.45, 7) is 3.08. The topological polar surface area (TPSA) is 90.1 Å². The van der Waals surface area contributed by atoms with Crippen molar-refractivity contribution in [2.45, 2.75) is 50.9 Å². The molecule has 0 saturated heterocycles. The Morgan fingerprint density at radius 3 is 2.53 bits per heavy atom. The Bertz CT molecular complexity index is 1370. The number of ether oxygens (including phenoxy) is 1. The van der Waals surface area contributed by atoms with Crippen LogP contribution in [0, 0.1) is 0 Å². The molecule has 0 spiro atoms. The van der Waals surface area contributed by atoms with Gasteiger partial charge in [-0.2, -0.15) is 13.2 Å². The maximum absolute atomic E-state index is 13.3. The van der Waals surface area contributed by atoms with Gasteiger partial charge in [-0.1, -0.05) is 36.4 Å². The zero-order valence-electron chi connectivity index (χ0n) is 21.0. The van der Waals surface area contributed by atoms with Crippen LogP contribution in [-0.4, -0.2) is 29.1 Å². The summed E-state index contributed by atoms with van der Waals surface area (Å²) < 4.78 is 45.2. The zero-order valence-corrected chi connectivity index (χ0v) is 21.0. The largest absolute Gasteiger partial charge is 0.416 e. The number of hydrogen-bond donors (Lipinski definition) is 2. The van der Waals surface area contributed by atoms with E-state index in [0.717, 1.165) is 41.8 Å². The first-order valence-electron chi connectivity index (χ1n) is 12.7. The lowest BCUT2D eigenvalue weighted by Gasteiger charge is -2.17. The van der Waals surface area contributed by atoms with E-state index in [1.807, 2.05) is 13.0 Å². The van der Waals surface area contributed by atoms with Crippen LogP contribution in [0.25, 0.3) is 16.7 Å². The molecule has 1 aliphatic carbocycles. The van der Waals surface area contributed by atoms with Crippen LogP contribution in [0.4, 0.5) is 13.2 Å². The standard InChI is InChI=1S/C29H29F3N4O2/c1-17(18-2-4-19(5-3-18)24-14-23(29(30,31)32)9-8-22(24)16-33)34-28(37)26-15-25(20-6-7-20)35-27(36-26)21-10-12-38-13-11-21/h2-5,8-10,14-15,17,20H,6-7,11-13,16,33H2,1H3,(H,34,37)/t17-/m1/s1. The van der Waals surface area contributed by atoms with E-state index in [1.165, 1.54) is 6.07 Å². The lowest BCUT2D eigenvalue weighted by atomic mass is 9.95. The highest BCUT2D eigenvalue weighted by molar-refractivity contribution is 5.93. The summed E-state index contributed by atoms with van der Waals surface area (Å²) in [6.07, 6.45) is 0.333. The molecular formula is C29H29F3N4O2. The van der Waals surface area contributed by atoms with Crippen molar-refractivity contribution in [3.8, 4) is 11.1 Å². The van der Waals surface area contributed by atoms with Crippen LogP contribution in [0.1, 0.15) is 76.8 Å². The van der Waals surface area contributed by atoms with Crippen molar-refractivity contribution in [3.63, 3.8) is 0 Å². The number of amides is 1. The molecule has 198 valence electrons. The summed E-state index contributed by atoms with van der Waals surface area (Å²) in [5.74, 6) is 0.641. The number of halogens is 3. The number of hydrogen-bond acceptors (Lipinski definition) is 5. The molecule has 0 radical (unpaired) electrons. The first kappa shape index (κ1) is 26.1. The van der Waals surface area contributed by atoms with Crippen molar-refractivity contribution in [1.29, 1.82) is 0 Å². The molecule has 0 unspecified atom stereocenters. The number of carbonyl (C=O) groups is 1. The highest BCUT2D eigenvalue weighted by atomic mass is 19.4. The Hall–Kier alpha value is -3.56. The lowest BCUT2D eigenvalue weighted by Crippen LogP contribution is -2.28. The second-order valence-electron chi connectivity index (χ2n) is 9.72. The summed E-state index contributed by atoms with van der Waals surface area (Å²) in [7, 11) is 0. The summed E-state index contributed by atoms with van der Waals surface area (Å²) in [4.78, 5) is 22.5. The van der Waals surface area contributed by atoms with E-state index in [9.17, 15) is 18.0 Å². The van der Waals surface area contributed by atoms with Crippen LogP contribution < -0.4 is 11.1 Å². The number of nitrogens with zero attached hydrogens (tertiary/aromatic N) is 2. The van der Waals surface area contributed by atoms with Crippen molar-refractivity contribution in [1.82, 2.24) is 15.3 Å². The third kappa shape index (κ3) is 5.79. The fourth-order valence-electron chi connectivity index (χ4n) is 4.55. The average Bonchev–Trinajstić information content (AvgIpc) is 3.78. The van der Waals surface area contributed by atoms with Gasteiger partial charge in [-0.05, 0) is 72.2 Å². The molecule has 5 rings (SSSR count). The molecule has 1 aliphatic heterocycles. The van der Waals surface area contributed by atoms with E-state index >= 15 is 0 Å². The molecule has 9 heteroatoms. The molecular weight excluding hydrogens is 493 g/mol. The molecule has 2 aromatic carbocycles. The van der Waals surface area contributed by atoms with Crippen molar-refractivity contribution in [3.05, 3.63) is 88.5 Å². The van der Waals surface area contributed by atoms with Gasteiger partial charge in [0.25, 0.3) is 5.91 Å². The van der Waals surface area contributed by atoms with E-state index < -0.39 is 11.7 Å². The van der Waals surface area contributed by atoms with E-state index in [2.05, 4.69) is 10.3 Å². The number of alkyl halides is 3. The first-order chi connectivity index (χ1) is 18.2. The van der Waals surface area contributed by atoms with E-state index in [1.54, 1.807) is 30.3 Å². The molecule has 1 saturated carbocycles. The van der Waals surface area contributed by atoms with Gasteiger partial charge in [0, 0.05) is 18.2 Å². The van der Waals surface area contributed by atoms with Gasteiger partial charge >= 0.3 is 6.18 Å². The summed E-state index contributed by atoms with van der Waals surface area (Å²) in [6, 6.07) is 12.1. The molecule has 0 bridgehead atoms. The van der Waals surface area contributed by atoms with Crippen LogP contribution in [0.15, 0.2) is 54.6 Å². The number of benzene rings is 2. The number of nitrogens with two attached hydrogens (primary N) is 1. The van der Waals surface area contributed by atoms with Gasteiger partial charge < -0.3 is 15.8 Å². The van der Waals surface area contributed by atoms with Gasteiger partial charge in [0.1, 0.15) is 5.69 Å². The van der Waals surface area contributed by atoms with Crippen molar-refractivity contribution >= 4 is 11.5 Å². The molecule has 1 atom stereocenters. The second-order valence-corrected chi connectivity index (χ2v) is 9.72. The smallest absolute Gasteiger partial charge is 0.377 e. The first-order valence-corrected chi connectivity index (χ1v) is 12.7. The zero-order chi connectivity index (χ0) is 26.9. The van der Waals surface area contributed by atoms with Crippen molar-refractivity contribution in [2.75, 3.05) is 13.2 Å². The minimum Gasteiger partial charge on any atom is -0.377 e. The Morgan fingerprint density at radius 1 is 1.13 bits per heavy atom. The molecule has 38 heavy (non-hydrogen) atoms. The molecule has 1 aromatic heterocycles. The quantitative estimate of drug-likeness (QED) is 0.410. The monoisotopic (exact) mass is 522 g/mol. The highest BCUT2D eigenvalue weighted by Crippen LogP contribution is 2.39. The third-order valence-electron chi connectivity index (χ3n) is 6.95. The Labute approximate surface area is 219 Å². The SMILES string of the molecule is C[C@@H](NC(=O)c1cc(C2CC2)nc(C2=CCOCC2)n1)c1ccc(-c2cc(C(F)(F)F)ccc2CN)cc1. The molecule has 6 nitrogen and oxygen atoms in total. The third-order valence-corrected chi connectivity index (χ3v) is 6.95. The van der Waals surface area contributed by atoms with Gasteiger partial charge in [-0.15, -0.1) is 0 Å². The van der Waals surface area contributed by atoms with Gasteiger partial charge in [0.15, 0.2) is 5.82 Å². The van der Waals surface area contributed by atoms with Gasteiger partial charge in [-0.3, -0.25) is 4.79 Å². The van der Waals surface area contributed by atoms with E-state index in [0.29, 0.717) is 53.8 Å². The Balaban J connectivity index is 1.35. The van der Waals surface area contributed by atoms with Crippen molar-refractivity contribution < 1.29 is 22.7 Å². The number of nitrogens with one attached hydrogen (secondary N) is 1. The van der Waals surface area contributed by atoms with Crippen LogP contribution >= 0.6 is 0 Å². The molecule has 1 fully saturated rings. The summed E-state index contributed by atoms with van der Waals surface area (Å²) in [5.41, 5.74) is 9.76. The molecule has 2 aliphatic rings. The Kier molecular flexibility index (Phi) is 7.32. The molecule has 3 N–H and O–H groups in total. The lowest BCUT2D eigenvalue weighted by molar-refractivity contribution is -0.137. The predicted octanol–water partition coefficient (Wildman–Crippen LogP) is 5.79. The number of rotatable bonds is 7. The number of aromatic nitrogens is 2. The van der Waals surface area contributed by atoms with E-state index in [-0.39, 0.29) is 18.5 Å². The van der Waals surface area contributed by atoms with Crippen molar-refractivity contribution in [2.24, 2.45) is 5.73 Å². The van der Waals surface area contributed by atoms with Gasteiger partial charge in [0.05, 0.1) is 24.8 Å². The minimum absolute atomic E-state index is 0.120. The van der Waals surface area contributed by atoms with Crippen LogP contribution in [-0.2, 0) is 17.5 Å². The summed E-state index contributed by atoms with van der Waals surface area (Å²) >= 11 is 0. The Morgan fingerprint density at radius 2 is 1.89 bits per heavy atom. The highest BCUT2D eigenvalue weighted by Gasteiger charge is 2.31. The predicted molar refractivity (Wildman–Crippen MR) is 138 cm³/mol. The maximum atomic E-state index is 13.3. The fraction of sp³-hybridized carbons (Fsp3) is 0.345. The van der Waals surface area contributed by atoms with E-state index in [4.69, 9.17) is 15.5 Å². The van der Waals surface area contributed by atoms with Crippen LogP contribution in [0.5, 0.6) is 0 Å². The fourth-order valence-corrected chi connectivity index (χ4v) is 4.55.